The van der Waals surface area contributed by atoms with E-state index < -0.39 is 22.5 Å². The minimum Gasteiger partial charge on any atom is -0.326 e. The number of amides is 2. The highest BCUT2D eigenvalue weighted by atomic mass is 32.2. The first kappa shape index (κ1) is 19.1. The Kier molecular flexibility index (Phi) is 6.06. The molecular weight excluding hydrogens is 356 g/mol. The van der Waals surface area contributed by atoms with Crippen molar-refractivity contribution in [1.29, 1.82) is 5.26 Å². The summed E-state index contributed by atoms with van der Waals surface area (Å²) in [4.78, 5) is 22.8. The van der Waals surface area contributed by atoms with Gasteiger partial charge in [0.1, 0.15) is 0 Å². The normalized spacial score (nSPS) is 10.6. The van der Waals surface area contributed by atoms with Crippen LogP contribution in [0.1, 0.15) is 12.5 Å². The van der Waals surface area contributed by atoms with Crippen molar-refractivity contribution < 1.29 is 18.0 Å². The summed E-state index contributed by atoms with van der Waals surface area (Å²) in [6.45, 7) is 0.879. The molecule has 0 saturated heterocycles. The van der Waals surface area contributed by atoms with Crippen LogP contribution in [0, 0.1) is 11.3 Å². The van der Waals surface area contributed by atoms with Crippen LogP contribution in [0.5, 0.6) is 0 Å². The number of carbonyl (C=O) groups excluding carboxylic acids is 2. The highest BCUT2D eigenvalue weighted by molar-refractivity contribution is 7.89. The first-order valence-corrected chi connectivity index (χ1v) is 8.96. The van der Waals surface area contributed by atoms with E-state index in [0.717, 1.165) is 0 Å². The third kappa shape index (κ3) is 5.41. The number of rotatable bonds is 6. The van der Waals surface area contributed by atoms with Gasteiger partial charge in [-0.05, 0) is 42.5 Å². The summed E-state index contributed by atoms with van der Waals surface area (Å²) in [5.74, 6) is -0.839. The largest absolute Gasteiger partial charge is 0.326 e. The number of hydrogen-bond donors (Lipinski definition) is 3. The second-order valence-electron chi connectivity index (χ2n) is 5.27. The lowest BCUT2D eigenvalue weighted by Crippen LogP contribution is -2.32. The van der Waals surface area contributed by atoms with Gasteiger partial charge in [0.25, 0.3) is 0 Å². The lowest BCUT2D eigenvalue weighted by molar-refractivity contribution is -0.115. The molecular formula is C17H16N4O4S. The fraction of sp³-hybridized carbons (Fsp3) is 0.118. The van der Waals surface area contributed by atoms with Crippen molar-refractivity contribution in [2.24, 2.45) is 0 Å². The Labute approximate surface area is 150 Å². The zero-order valence-corrected chi connectivity index (χ0v) is 14.6. The van der Waals surface area contributed by atoms with Gasteiger partial charge in [0.15, 0.2) is 0 Å². The van der Waals surface area contributed by atoms with Crippen molar-refractivity contribution in [1.82, 2.24) is 4.72 Å². The quantitative estimate of drug-likeness (QED) is 0.707. The number of hydrogen-bond acceptors (Lipinski definition) is 5. The third-order valence-electron chi connectivity index (χ3n) is 3.18. The Morgan fingerprint density at radius 2 is 1.73 bits per heavy atom. The summed E-state index contributed by atoms with van der Waals surface area (Å²) in [5, 5.41) is 13.9. The zero-order valence-electron chi connectivity index (χ0n) is 13.8. The van der Waals surface area contributed by atoms with Crippen molar-refractivity contribution in [2.45, 2.75) is 11.8 Å². The standard InChI is InChI=1S/C17H16N4O4S/c1-12(22)20-14-5-7-16(8-6-14)26(24,25)19-11-17(23)21-15-4-2-3-13(9-15)10-18/h2-9,19H,11H2,1H3,(H,20,22)(H,21,23). The number of benzene rings is 2. The number of sulfonamides is 1. The molecule has 8 nitrogen and oxygen atoms in total. The molecule has 0 bridgehead atoms. The molecule has 2 aromatic rings. The molecule has 2 aromatic carbocycles. The number of anilines is 2. The van der Waals surface area contributed by atoms with Gasteiger partial charge in [-0.1, -0.05) is 6.07 Å². The zero-order chi connectivity index (χ0) is 19.2. The summed E-state index contributed by atoms with van der Waals surface area (Å²) >= 11 is 0. The van der Waals surface area contributed by atoms with Crippen LogP contribution in [0.2, 0.25) is 0 Å². The molecule has 0 aliphatic heterocycles. The van der Waals surface area contributed by atoms with Crippen LogP contribution >= 0.6 is 0 Å². The van der Waals surface area contributed by atoms with E-state index in [2.05, 4.69) is 15.4 Å². The molecule has 0 radical (unpaired) electrons. The van der Waals surface area contributed by atoms with Gasteiger partial charge in [0.05, 0.1) is 23.1 Å². The average molecular weight is 372 g/mol. The molecule has 0 aromatic heterocycles. The van der Waals surface area contributed by atoms with E-state index in [4.69, 9.17) is 5.26 Å². The maximum absolute atomic E-state index is 12.2. The van der Waals surface area contributed by atoms with Crippen LogP contribution in [-0.4, -0.2) is 26.8 Å². The number of nitrogens with zero attached hydrogens (tertiary/aromatic N) is 1. The number of nitriles is 1. The second-order valence-corrected chi connectivity index (χ2v) is 7.04. The molecule has 0 fully saturated rings. The topological polar surface area (TPSA) is 128 Å². The Balaban J connectivity index is 1.97. The van der Waals surface area contributed by atoms with E-state index in [9.17, 15) is 18.0 Å². The maximum atomic E-state index is 12.2. The first-order valence-electron chi connectivity index (χ1n) is 7.47. The van der Waals surface area contributed by atoms with E-state index in [1.54, 1.807) is 18.2 Å². The fourth-order valence-electron chi connectivity index (χ4n) is 2.04. The van der Waals surface area contributed by atoms with Crippen molar-refractivity contribution in [2.75, 3.05) is 17.2 Å². The van der Waals surface area contributed by atoms with Crippen LogP contribution in [0.15, 0.2) is 53.4 Å². The minimum atomic E-state index is -3.88. The lowest BCUT2D eigenvalue weighted by atomic mass is 10.2. The van der Waals surface area contributed by atoms with Crippen LogP contribution in [0.4, 0.5) is 11.4 Å². The SMILES string of the molecule is CC(=O)Nc1ccc(S(=O)(=O)NCC(=O)Nc2cccc(C#N)c2)cc1. The summed E-state index contributed by atoms with van der Waals surface area (Å²) in [7, 11) is -3.88. The van der Waals surface area contributed by atoms with Crippen LogP contribution in [-0.2, 0) is 19.6 Å². The van der Waals surface area contributed by atoms with Gasteiger partial charge in [-0.25, -0.2) is 13.1 Å². The van der Waals surface area contributed by atoms with Gasteiger partial charge in [-0.15, -0.1) is 0 Å². The summed E-state index contributed by atoms with van der Waals surface area (Å²) in [6, 6.07) is 13.7. The molecule has 2 rings (SSSR count). The molecule has 9 heteroatoms. The van der Waals surface area contributed by atoms with Crippen molar-refractivity contribution in [3.63, 3.8) is 0 Å². The summed E-state index contributed by atoms with van der Waals surface area (Å²) in [6.07, 6.45) is 0. The number of carbonyl (C=O) groups is 2. The van der Waals surface area contributed by atoms with E-state index in [0.29, 0.717) is 16.9 Å². The Morgan fingerprint density at radius 1 is 1.04 bits per heavy atom. The molecule has 0 atom stereocenters. The van der Waals surface area contributed by atoms with E-state index in [1.807, 2.05) is 6.07 Å². The molecule has 0 saturated carbocycles. The van der Waals surface area contributed by atoms with Crippen LogP contribution in [0.3, 0.4) is 0 Å². The molecule has 3 N–H and O–H groups in total. The predicted molar refractivity (Wildman–Crippen MR) is 95.7 cm³/mol. The van der Waals surface area contributed by atoms with Crippen molar-refractivity contribution >= 4 is 33.2 Å². The second kappa shape index (κ2) is 8.24. The summed E-state index contributed by atoms with van der Waals surface area (Å²) in [5.41, 5.74) is 1.24. The number of nitrogens with one attached hydrogen (secondary N) is 3. The van der Waals surface area contributed by atoms with Crippen LogP contribution in [0.25, 0.3) is 0 Å². The van der Waals surface area contributed by atoms with Gasteiger partial charge in [-0.2, -0.15) is 5.26 Å². The van der Waals surface area contributed by atoms with Crippen LogP contribution < -0.4 is 15.4 Å². The highest BCUT2D eigenvalue weighted by Crippen LogP contribution is 2.14. The molecule has 26 heavy (non-hydrogen) atoms. The molecule has 134 valence electrons. The molecule has 2 amide bonds. The predicted octanol–water partition coefficient (Wildman–Crippen LogP) is 1.43. The van der Waals surface area contributed by atoms with Gasteiger partial charge in [0.2, 0.25) is 21.8 Å². The van der Waals surface area contributed by atoms with E-state index >= 15 is 0 Å². The lowest BCUT2D eigenvalue weighted by Gasteiger charge is -2.09. The molecule has 0 heterocycles. The van der Waals surface area contributed by atoms with E-state index in [-0.39, 0.29) is 10.8 Å². The highest BCUT2D eigenvalue weighted by Gasteiger charge is 2.15. The molecule has 0 aliphatic rings. The summed E-state index contributed by atoms with van der Waals surface area (Å²) < 4.78 is 26.6. The maximum Gasteiger partial charge on any atom is 0.241 e. The van der Waals surface area contributed by atoms with Gasteiger partial charge in [0, 0.05) is 18.3 Å². The Morgan fingerprint density at radius 3 is 2.35 bits per heavy atom. The molecule has 0 spiro atoms. The third-order valence-corrected chi connectivity index (χ3v) is 4.60. The van der Waals surface area contributed by atoms with E-state index in [1.165, 1.54) is 37.3 Å². The minimum absolute atomic E-state index is 0.0362. The first-order chi connectivity index (χ1) is 12.3. The van der Waals surface area contributed by atoms with Gasteiger partial charge in [-0.3, -0.25) is 9.59 Å². The smallest absolute Gasteiger partial charge is 0.241 e. The van der Waals surface area contributed by atoms with Gasteiger partial charge < -0.3 is 10.6 Å². The Bertz CT molecular complexity index is 963. The van der Waals surface area contributed by atoms with Gasteiger partial charge >= 0.3 is 0 Å². The average Bonchev–Trinajstić information content (AvgIpc) is 2.60. The van der Waals surface area contributed by atoms with Crippen molar-refractivity contribution in [3.05, 3.63) is 54.1 Å². The molecule has 0 unspecified atom stereocenters. The van der Waals surface area contributed by atoms with Crippen molar-refractivity contribution in [3.8, 4) is 6.07 Å². The monoisotopic (exact) mass is 372 g/mol. The Hall–Kier alpha value is -3.22. The fourth-order valence-corrected chi connectivity index (χ4v) is 3.02. The molecule has 0 aliphatic carbocycles.